The first kappa shape index (κ1) is 16.6. The standard InChI is InChI=1S/C17H17BrN2OS/c1-10-6-11(2)8-14(7-10)19-17(22)20-16(21)13-5-4-12(3)15(18)9-13/h4-9H,1-3H3,(H2,19,20,21,22). The number of thiocarbonyl (C=S) groups is 1. The van der Waals surface area contributed by atoms with Gasteiger partial charge in [0, 0.05) is 15.7 Å². The van der Waals surface area contributed by atoms with Crippen molar-refractivity contribution in [1.29, 1.82) is 0 Å². The normalized spacial score (nSPS) is 10.2. The van der Waals surface area contributed by atoms with Crippen LogP contribution in [0.4, 0.5) is 5.69 Å². The zero-order valence-corrected chi connectivity index (χ0v) is 15.1. The molecule has 0 fully saturated rings. The molecule has 2 rings (SSSR count). The summed E-state index contributed by atoms with van der Waals surface area (Å²) in [6.45, 7) is 6.01. The van der Waals surface area contributed by atoms with Crippen LogP contribution in [0, 0.1) is 20.8 Å². The number of benzene rings is 2. The SMILES string of the molecule is Cc1cc(C)cc(NC(=S)NC(=O)c2ccc(C)c(Br)c2)c1. The smallest absolute Gasteiger partial charge is 0.257 e. The fourth-order valence-corrected chi connectivity index (χ4v) is 2.71. The Morgan fingerprint density at radius 2 is 1.68 bits per heavy atom. The Bertz CT molecular complexity index is 723. The fourth-order valence-electron chi connectivity index (χ4n) is 2.12. The first-order chi connectivity index (χ1) is 10.3. The number of aryl methyl sites for hydroxylation is 3. The summed E-state index contributed by atoms with van der Waals surface area (Å²) in [5.41, 5.74) is 4.78. The van der Waals surface area contributed by atoms with Crippen LogP contribution in [0.5, 0.6) is 0 Å². The Kier molecular flexibility index (Phi) is 5.32. The molecule has 22 heavy (non-hydrogen) atoms. The van der Waals surface area contributed by atoms with Crippen molar-refractivity contribution in [2.75, 3.05) is 5.32 Å². The van der Waals surface area contributed by atoms with Crippen molar-refractivity contribution >= 4 is 44.9 Å². The van der Waals surface area contributed by atoms with Crippen LogP contribution in [0.1, 0.15) is 27.0 Å². The Balaban J connectivity index is 2.04. The number of halogens is 1. The zero-order chi connectivity index (χ0) is 16.3. The molecule has 114 valence electrons. The zero-order valence-electron chi connectivity index (χ0n) is 12.7. The summed E-state index contributed by atoms with van der Waals surface area (Å²) >= 11 is 8.62. The molecule has 2 N–H and O–H groups in total. The molecule has 2 aromatic carbocycles. The lowest BCUT2D eigenvalue weighted by Gasteiger charge is -2.11. The van der Waals surface area contributed by atoms with E-state index in [-0.39, 0.29) is 11.0 Å². The van der Waals surface area contributed by atoms with E-state index in [1.807, 2.05) is 39.0 Å². The van der Waals surface area contributed by atoms with E-state index in [2.05, 4.69) is 32.6 Å². The number of rotatable bonds is 2. The summed E-state index contributed by atoms with van der Waals surface area (Å²) in [5, 5.41) is 6.01. The molecule has 0 atom stereocenters. The van der Waals surface area contributed by atoms with E-state index in [0.29, 0.717) is 5.56 Å². The summed E-state index contributed by atoms with van der Waals surface area (Å²) in [5.74, 6) is -0.234. The van der Waals surface area contributed by atoms with Gasteiger partial charge >= 0.3 is 0 Å². The second-order valence-electron chi connectivity index (χ2n) is 5.25. The highest BCUT2D eigenvalue weighted by Gasteiger charge is 2.09. The second kappa shape index (κ2) is 7.03. The maximum atomic E-state index is 12.2. The van der Waals surface area contributed by atoms with Crippen LogP contribution in [0.25, 0.3) is 0 Å². The molecule has 0 bridgehead atoms. The maximum Gasteiger partial charge on any atom is 0.257 e. The molecule has 3 nitrogen and oxygen atoms in total. The van der Waals surface area contributed by atoms with E-state index in [4.69, 9.17) is 12.2 Å². The Hall–Kier alpha value is -1.72. The third-order valence-corrected chi connectivity index (χ3v) is 4.20. The molecule has 0 aliphatic rings. The molecule has 0 aromatic heterocycles. The average molecular weight is 377 g/mol. The van der Waals surface area contributed by atoms with Crippen LogP contribution < -0.4 is 10.6 Å². The van der Waals surface area contributed by atoms with Gasteiger partial charge in [0.1, 0.15) is 0 Å². The third kappa shape index (κ3) is 4.39. The lowest BCUT2D eigenvalue weighted by molar-refractivity contribution is 0.0977. The molecular formula is C17H17BrN2OS. The summed E-state index contributed by atoms with van der Waals surface area (Å²) in [7, 11) is 0. The van der Waals surface area contributed by atoms with Crippen LogP contribution in [0.15, 0.2) is 40.9 Å². The lowest BCUT2D eigenvalue weighted by Crippen LogP contribution is -2.34. The van der Waals surface area contributed by atoms with Crippen molar-refractivity contribution in [3.63, 3.8) is 0 Å². The van der Waals surface area contributed by atoms with E-state index >= 15 is 0 Å². The quantitative estimate of drug-likeness (QED) is 0.758. The van der Waals surface area contributed by atoms with E-state index < -0.39 is 0 Å². The molecule has 0 heterocycles. The van der Waals surface area contributed by atoms with Crippen LogP contribution in [-0.4, -0.2) is 11.0 Å². The second-order valence-corrected chi connectivity index (χ2v) is 6.51. The van der Waals surface area contributed by atoms with E-state index in [9.17, 15) is 4.79 Å². The van der Waals surface area contributed by atoms with Gasteiger partial charge in [-0.3, -0.25) is 10.1 Å². The predicted octanol–water partition coefficient (Wildman–Crippen LogP) is 4.50. The number of hydrogen-bond donors (Lipinski definition) is 2. The Morgan fingerprint density at radius 3 is 2.27 bits per heavy atom. The van der Waals surface area contributed by atoms with Gasteiger partial charge in [-0.2, -0.15) is 0 Å². The minimum atomic E-state index is -0.234. The van der Waals surface area contributed by atoms with E-state index in [1.54, 1.807) is 12.1 Å². The first-order valence-electron chi connectivity index (χ1n) is 6.82. The molecule has 1 amide bonds. The van der Waals surface area contributed by atoms with Gasteiger partial charge in [0.25, 0.3) is 5.91 Å². The van der Waals surface area contributed by atoms with Crippen molar-refractivity contribution in [1.82, 2.24) is 5.32 Å². The number of anilines is 1. The van der Waals surface area contributed by atoms with Crippen molar-refractivity contribution in [3.05, 3.63) is 63.1 Å². The number of amides is 1. The number of hydrogen-bond acceptors (Lipinski definition) is 2. The van der Waals surface area contributed by atoms with Crippen LogP contribution in [0.2, 0.25) is 0 Å². The summed E-state index contributed by atoms with van der Waals surface area (Å²) in [4.78, 5) is 12.2. The molecule has 0 unspecified atom stereocenters. The van der Waals surface area contributed by atoms with Crippen LogP contribution in [0.3, 0.4) is 0 Å². The monoisotopic (exact) mass is 376 g/mol. The topological polar surface area (TPSA) is 41.1 Å². The van der Waals surface area contributed by atoms with Crippen LogP contribution >= 0.6 is 28.1 Å². The van der Waals surface area contributed by atoms with Gasteiger partial charge in [0.2, 0.25) is 0 Å². The van der Waals surface area contributed by atoms with Gasteiger partial charge in [0.15, 0.2) is 5.11 Å². The van der Waals surface area contributed by atoms with Gasteiger partial charge in [-0.15, -0.1) is 0 Å². The van der Waals surface area contributed by atoms with Gasteiger partial charge in [-0.05, 0) is 73.9 Å². The van der Waals surface area contributed by atoms with Gasteiger partial charge in [-0.25, -0.2) is 0 Å². The first-order valence-corrected chi connectivity index (χ1v) is 8.02. The molecule has 0 spiro atoms. The highest BCUT2D eigenvalue weighted by atomic mass is 79.9. The predicted molar refractivity (Wildman–Crippen MR) is 98.5 cm³/mol. The molecule has 2 aromatic rings. The highest BCUT2D eigenvalue weighted by molar-refractivity contribution is 9.10. The maximum absolute atomic E-state index is 12.2. The average Bonchev–Trinajstić information content (AvgIpc) is 2.40. The van der Waals surface area contributed by atoms with Crippen molar-refractivity contribution in [2.24, 2.45) is 0 Å². The van der Waals surface area contributed by atoms with E-state index in [1.165, 1.54) is 0 Å². The minimum Gasteiger partial charge on any atom is -0.332 e. The molecule has 5 heteroatoms. The molecular weight excluding hydrogens is 360 g/mol. The minimum absolute atomic E-state index is 0.234. The van der Waals surface area contributed by atoms with Gasteiger partial charge in [-0.1, -0.05) is 28.1 Å². The largest absolute Gasteiger partial charge is 0.332 e. The summed E-state index contributed by atoms with van der Waals surface area (Å²) in [6, 6.07) is 11.5. The lowest BCUT2D eigenvalue weighted by atomic mass is 10.1. The molecule has 0 saturated carbocycles. The van der Waals surface area contributed by atoms with Crippen molar-refractivity contribution in [3.8, 4) is 0 Å². The van der Waals surface area contributed by atoms with Crippen molar-refractivity contribution < 1.29 is 4.79 Å². The Labute approximate surface area is 144 Å². The number of carbonyl (C=O) groups is 1. The molecule has 0 aliphatic carbocycles. The van der Waals surface area contributed by atoms with Crippen molar-refractivity contribution in [2.45, 2.75) is 20.8 Å². The summed E-state index contributed by atoms with van der Waals surface area (Å²) < 4.78 is 0.897. The van der Waals surface area contributed by atoms with Gasteiger partial charge < -0.3 is 5.32 Å². The fraction of sp³-hybridized carbons (Fsp3) is 0.176. The highest BCUT2D eigenvalue weighted by Crippen LogP contribution is 2.17. The van der Waals surface area contributed by atoms with Crippen LogP contribution in [-0.2, 0) is 0 Å². The summed E-state index contributed by atoms with van der Waals surface area (Å²) in [6.07, 6.45) is 0. The molecule has 0 saturated heterocycles. The third-order valence-electron chi connectivity index (χ3n) is 3.14. The van der Waals surface area contributed by atoms with E-state index in [0.717, 1.165) is 26.9 Å². The number of carbonyl (C=O) groups excluding carboxylic acids is 1. The Morgan fingerprint density at radius 1 is 1.05 bits per heavy atom. The molecule has 0 aliphatic heterocycles. The molecule has 0 radical (unpaired) electrons. The number of nitrogens with one attached hydrogen (secondary N) is 2. The van der Waals surface area contributed by atoms with Gasteiger partial charge in [0.05, 0.1) is 0 Å².